The van der Waals surface area contributed by atoms with Gasteiger partial charge in [-0.15, -0.1) is 0 Å². The van der Waals surface area contributed by atoms with Crippen molar-refractivity contribution < 1.29 is 22.0 Å². The number of para-hydroxylation sites is 4. The average molecular weight is 964 g/mol. The molecule has 0 fully saturated rings. The van der Waals surface area contributed by atoms with E-state index in [0.717, 1.165) is 99.1 Å². The molecular formula is C64H36F3N5O2. The molecule has 5 aromatic heterocycles. The van der Waals surface area contributed by atoms with Gasteiger partial charge in [0.15, 0.2) is 17.5 Å². The number of nitrogens with zero attached hydrogens (tertiary/aromatic N) is 5. The van der Waals surface area contributed by atoms with E-state index < -0.39 is 11.7 Å². The summed E-state index contributed by atoms with van der Waals surface area (Å²) in [6.07, 6.45) is -4.69. The van der Waals surface area contributed by atoms with Gasteiger partial charge in [0, 0.05) is 60.3 Å². The summed E-state index contributed by atoms with van der Waals surface area (Å²) < 4.78 is 63.8. The average Bonchev–Trinajstić information content (AvgIpc) is 4.21. The summed E-state index contributed by atoms with van der Waals surface area (Å²) in [5, 5.41) is 7.58. The number of alkyl halides is 3. The second-order valence-electron chi connectivity index (χ2n) is 18.6. The molecule has 15 aromatic rings. The summed E-state index contributed by atoms with van der Waals surface area (Å²) in [6.45, 7) is 0. The molecule has 5 heterocycles. The maximum atomic E-state index is 15.4. The van der Waals surface area contributed by atoms with E-state index in [2.05, 4.69) is 39.5 Å². The lowest BCUT2D eigenvalue weighted by atomic mass is 9.94. The van der Waals surface area contributed by atoms with Crippen molar-refractivity contribution >= 4 is 87.5 Å². The van der Waals surface area contributed by atoms with E-state index in [1.165, 1.54) is 6.07 Å². The first-order chi connectivity index (χ1) is 36.3. The molecule has 10 heteroatoms. The molecule has 0 spiro atoms. The first-order valence-electron chi connectivity index (χ1n) is 24.2. The van der Waals surface area contributed by atoms with E-state index >= 15 is 13.2 Å². The summed E-state index contributed by atoms with van der Waals surface area (Å²) in [7, 11) is 0. The summed E-state index contributed by atoms with van der Waals surface area (Å²) in [5.41, 5.74) is 9.55. The lowest BCUT2D eigenvalue weighted by Gasteiger charge is -2.20. The van der Waals surface area contributed by atoms with Crippen LogP contribution in [0, 0.1) is 0 Å². The van der Waals surface area contributed by atoms with Crippen LogP contribution in [0.3, 0.4) is 0 Å². The van der Waals surface area contributed by atoms with Crippen LogP contribution in [0.2, 0.25) is 0 Å². The Morgan fingerprint density at radius 2 is 0.838 bits per heavy atom. The molecular weight excluding hydrogens is 928 g/mol. The zero-order chi connectivity index (χ0) is 49.2. The van der Waals surface area contributed by atoms with Crippen LogP contribution >= 0.6 is 0 Å². The SMILES string of the molecule is FC(F)(F)c1ccc(-n2c3ccccc3c3c4oc5ccccc5c4ccc32)c(-c2cc(-n3c4ccccc4c4c5oc6ccccc6c5ccc43)ccc2-c2nc(-c3ccccc3)nc(-c3ccccc3)n2)c1. The third-order valence-corrected chi connectivity index (χ3v) is 14.4. The molecule has 0 aliphatic heterocycles. The van der Waals surface area contributed by atoms with Crippen molar-refractivity contribution in [2.45, 2.75) is 6.18 Å². The Kier molecular flexibility index (Phi) is 8.98. The van der Waals surface area contributed by atoms with Gasteiger partial charge in [-0.2, -0.15) is 13.2 Å². The molecule has 0 bridgehead atoms. The van der Waals surface area contributed by atoms with Crippen molar-refractivity contribution in [2.75, 3.05) is 0 Å². The molecule has 0 saturated carbocycles. The Labute approximate surface area is 418 Å². The van der Waals surface area contributed by atoms with Crippen molar-refractivity contribution in [1.29, 1.82) is 0 Å². The van der Waals surface area contributed by atoms with Crippen LogP contribution in [-0.2, 0) is 6.18 Å². The van der Waals surface area contributed by atoms with Crippen molar-refractivity contribution in [3.63, 3.8) is 0 Å². The fourth-order valence-electron chi connectivity index (χ4n) is 11.1. The predicted octanol–water partition coefficient (Wildman–Crippen LogP) is 17.6. The molecule has 0 aliphatic carbocycles. The number of hydrogen-bond donors (Lipinski definition) is 0. The summed E-state index contributed by atoms with van der Waals surface area (Å²) in [4.78, 5) is 15.3. The molecule has 0 N–H and O–H groups in total. The molecule has 10 aromatic carbocycles. The van der Waals surface area contributed by atoms with Crippen molar-refractivity contribution in [3.8, 4) is 56.7 Å². The van der Waals surface area contributed by atoms with E-state index in [1.807, 2.05) is 170 Å². The lowest BCUT2D eigenvalue weighted by Crippen LogP contribution is -2.08. The topological polar surface area (TPSA) is 74.8 Å². The number of halogens is 3. The second-order valence-corrected chi connectivity index (χ2v) is 18.6. The van der Waals surface area contributed by atoms with Gasteiger partial charge in [0.25, 0.3) is 0 Å². The van der Waals surface area contributed by atoms with E-state index in [0.29, 0.717) is 51.1 Å². The van der Waals surface area contributed by atoms with E-state index in [1.54, 1.807) is 6.07 Å². The third-order valence-electron chi connectivity index (χ3n) is 14.4. The van der Waals surface area contributed by atoms with Gasteiger partial charge in [-0.05, 0) is 90.5 Å². The molecule has 0 amide bonds. The Morgan fingerprint density at radius 1 is 0.351 bits per heavy atom. The van der Waals surface area contributed by atoms with Gasteiger partial charge in [0.2, 0.25) is 0 Å². The number of hydrogen-bond acceptors (Lipinski definition) is 5. The monoisotopic (exact) mass is 963 g/mol. The fraction of sp³-hybridized carbons (Fsp3) is 0.0156. The predicted molar refractivity (Wildman–Crippen MR) is 290 cm³/mol. The van der Waals surface area contributed by atoms with Gasteiger partial charge in [0.05, 0.1) is 44.1 Å². The van der Waals surface area contributed by atoms with E-state index in [-0.39, 0.29) is 0 Å². The Bertz CT molecular complexity index is 4720. The third kappa shape index (κ3) is 6.31. The minimum atomic E-state index is -4.69. The van der Waals surface area contributed by atoms with Crippen LogP contribution in [0.25, 0.3) is 144 Å². The van der Waals surface area contributed by atoms with Gasteiger partial charge in [-0.1, -0.05) is 133 Å². The van der Waals surface area contributed by atoms with Crippen LogP contribution in [0.15, 0.2) is 227 Å². The normalized spacial score (nSPS) is 12.3. The molecule has 74 heavy (non-hydrogen) atoms. The number of aromatic nitrogens is 5. The van der Waals surface area contributed by atoms with Gasteiger partial charge < -0.3 is 18.0 Å². The minimum absolute atomic E-state index is 0.292. The number of fused-ring (bicyclic) bond motifs is 14. The maximum Gasteiger partial charge on any atom is 0.416 e. The van der Waals surface area contributed by atoms with Crippen LogP contribution in [0.5, 0.6) is 0 Å². The largest absolute Gasteiger partial charge is 0.455 e. The van der Waals surface area contributed by atoms with Crippen LogP contribution in [0.4, 0.5) is 13.2 Å². The lowest BCUT2D eigenvalue weighted by molar-refractivity contribution is -0.137. The Morgan fingerprint density at radius 3 is 1.41 bits per heavy atom. The van der Waals surface area contributed by atoms with Gasteiger partial charge >= 0.3 is 6.18 Å². The molecule has 7 nitrogen and oxygen atoms in total. The van der Waals surface area contributed by atoms with Gasteiger partial charge in [0.1, 0.15) is 22.3 Å². The van der Waals surface area contributed by atoms with Crippen molar-refractivity contribution in [3.05, 3.63) is 224 Å². The smallest absolute Gasteiger partial charge is 0.416 e. The van der Waals surface area contributed by atoms with Crippen LogP contribution < -0.4 is 0 Å². The molecule has 0 unspecified atom stereocenters. The van der Waals surface area contributed by atoms with E-state index in [4.69, 9.17) is 23.8 Å². The second kappa shape index (κ2) is 15.9. The van der Waals surface area contributed by atoms with Crippen molar-refractivity contribution in [2.24, 2.45) is 0 Å². The molecule has 0 saturated heterocycles. The number of furan rings is 2. The van der Waals surface area contributed by atoms with E-state index in [9.17, 15) is 0 Å². The zero-order valence-corrected chi connectivity index (χ0v) is 39.0. The van der Waals surface area contributed by atoms with Crippen LogP contribution in [0.1, 0.15) is 5.56 Å². The molecule has 0 atom stereocenters. The van der Waals surface area contributed by atoms with Gasteiger partial charge in [-0.25, -0.2) is 15.0 Å². The first kappa shape index (κ1) is 41.9. The highest BCUT2D eigenvalue weighted by Gasteiger charge is 2.33. The first-order valence-corrected chi connectivity index (χ1v) is 24.2. The Hall–Kier alpha value is -9.80. The summed E-state index contributed by atoms with van der Waals surface area (Å²) in [5.74, 6) is 1.13. The number of rotatable bonds is 6. The standard InChI is InChI=1S/C64H36F3N5O2/c65-64(66,67)39-27-32-52(72-51-24-12-8-22-47(51)58-54(72)34-31-44-42-20-10-14-26-56(42)74-60(44)58)49(35-39)48-36-40(28-29-45(48)63-69-61(37-15-3-1-4-16-37)68-62(70-63)38-17-5-2-6-18-38)71-50-23-11-7-21-46(50)57-53(71)33-30-43-41-19-9-13-25-55(41)73-59(43)57/h1-36H. The highest BCUT2D eigenvalue weighted by atomic mass is 19.4. The van der Waals surface area contributed by atoms with Crippen LogP contribution in [-0.4, -0.2) is 24.1 Å². The quantitative estimate of drug-likeness (QED) is 0.166. The molecule has 0 radical (unpaired) electrons. The summed E-state index contributed by atoms with van der Waals surface area (Å²) >= 11 is 0. The maximum absolute atomic E-state index is 15.4. The Balaban J connectivity index is 1.07. The number of benzene rings is 10. The molecule has 15 rings (SSSR count). The molecule has 0 aliphatic rings. The van der Waals surface area contributed by atoms with Gasteiger partial charge in [-0.3, -0.25) is 0 Å². The highest BCUT2D eigenvalue weighted by molar-refractivity contribution is 6.25. The highest BCUT2D eigenvalue weighted by Crippen LogP contribution is 2.47. The molecule has 350 valence electrons. The fourth-order valence-corrected chi connectivity index (χ4v) is 11.1. The van der Waals surface area contributed by atoms with Crippen molar-refractivity contribution in [1.82, 2.24) is 24.1 Å². The summed E-state index contributed by atoms with van der Waals surface area (Å²) in [6, 6.07) is 69.5. The minimum Gasteiger partial charge on any atom is -0.455 e. The zero-order valence-electron chi connectivity index (χ0n) is 39.0.